The second-order valence-corrected chi connectivity index (χ2v) is 7.82. The molecule has 0 fully saturated rings. The third kappa shape index (κ3) is 3.03. The Bertz CT molecular complexity index is 1290. The molecule has 1 unspecified atom stereocenters. The fraction of sp³-hybridized carbons (Fsp3) is 0.120. The Morgan fingerprint density at radius 3 is 2.94 bits per heavy atom. The van der Waals surface area contributed by atoms with E-state index in [1.165, 1.54) is 30.4 Å². The molecule has 0 amide bonds. The van der Waals surface area contributed by atoms with E-state index in [2.05, 4.69) is 42.2 Å². The molecule has 0 saturated heterocycles. The molecule has 5 nitrogen and oxygen atoms in total. The molecular formula is C25H19BN2O3. The first-order chi connectivity index (χ1) is 15.0. The zero-order valence-corrected chi connectivity index (χ0v) is 17.0. The monoisotopic (exact) mass is 406 g/mol. The summed E-state index contributed by atoms with van der Waals surface area (Å²) in [6.45, 7) is 3.62. The van der Waals surface area contributed by atoms with Crippen molar-refractivity contribution in [1.82, 2.24) is 0 Å². The minimum atomic E-state index is -0.652. The van der Waals surface area contributed by atoms with Gasteiger partial charge in [-0.25, -0.2) is 0 Å². The van der Waals surface area contributed by atoms with Crippen molar-refractivity contribution < 1.29 is 14.3 Å². The maximum absolute atomic E-state index is 12.8. The summed E-state index contributed by atoms with van der Waals surface area (Å²) in [5.74, 6) is 1.43. The van der Waals surface area contributed by atoms with Crippen molar-refractivity contribution in [3.05, 3.63) is 100 Å². The number of ketones is 1. The molecular weight excluding hydrogens is 387 g/mol. The van der Waals surface area contributed by atoms with Gasteiger partial charge in [0, 0.05) is 0 Å². The third-order valence-corrected chi connectivity index (χ3v) is 5.97. The molecule has 2 heterocycles. The zero-order chi connectivity index (χ0) is 21.6. The fourth-order valence-electron chi connectivity index (χ4n) is 4.54. The summed E-state index contributed by atoms with van der Waals surface area (Å²) in [6.07, 6.45) is 16.6. The van der Waals surface area contributed by atoms with E-state index in [1.54, 1.807) is 18.2 Å². The van der Waals surface area contributed by atoms with Gasteiger partial charge in [-0.3, -0.25) is 4.79 Å². The van der Waals surface area contributed by atoms with E-state index in [-0.39, 0.29) is 33.7 Å². The number of carbonyl (C=O) groups excluding carboxylic acids is 2. The van der Waals surface area contributed by atoms with E-state index in [0.29, 0.717) is 0 Å². The normalized spacial score (nSPS) is 25.1. The average Bonchev–Trinajstić information content (AvgIpc) is 3.34. The number of fused-ring (bicyclic) bond motifs is 1. The predicted molar refractivity (Wildman–Crippen MR) is 123 cm³/mol. The van der Waals surface area contributed by atoms with E-state index in [0.717, 1.165) is 17.7 Å². The van der Waals surface area contributed by atoms with Crippen LogP contribution in [0.4, 0.5) is 5.69 Å². The van der Waals surface area contributed by atoms with Gasteiger partial charge in [0.15, 0.2) is 0 Å². The first kappa shape index (κ1) is 19.2. The molecule has 4 aliphatic rings. The van der Waals surface area contributed by atoms with Crippen LogP contribution in [-0.4, -0.2) is 30.9 Å². The number of rotatable bonds is 3. The van der Waals surface area contributed by atoms with E-state index in [4.69, 9.17) is 10.5 Å². The molecule has 0 saturated carbocycles. The second-order valence-electron chi connectivity index (χ2n) is 7.82. The van der Waals surface area contributed by atoms with E-state index < -0.39 is 5.97 Å². The maximum atomic E-state index is 12.8. The van der Waals surface area contributed by atoms with Crippen molar-refractivity contribution in [2.75, 3.05) is 5.73 Å². The van der Waals surface area contributed by atoms with Gasteiger partial charge in [-0.2, -0.15) is 0 Å². The topological polar surface area (TPSA) is 81.8 Å². The summed E-state index contributed by atoms with van der Waals surface area (Å²) in [6, 6.07) is 4.74. The van der Waals surface area contributed by atoms with Gasteiger partial charge in [0.05, 0.1) is 0 Å². The number of ether oxygens (including phenoxy) is 1. The summed E-state index contributed by atoms with van der Waals surface area (Å²) in [5, 5.41) is -0.0762. The number of carbonyl (C=O) groups is 2. The quantitative estimate of drug-likeness (QED) is 0.357. The van der Waals surface area contributed by atoms with Crippen molar-refractivity contribution in [2.24, 2.45) is 4.99 Å². The van der Waals surface area contributed by atoms with Crippen molar-refractivity contribution in [3.63, 3.8) is 0 Å². The van der Waals surface area contributed by atoms with Crippen LogP contribution in [-0.2, 0) is 4.74 Å². The summed E-state index contributed by atoms with van der Waals surface area (Å²) < 4.78 is 5.54. The van der Waals surface area contributed by atoms with Gasteiger partial charge in [-0.15, -0.1) is 0 Å². The Morgan fingerprint density at radius 1 is 1.23 bits per heavy atom. The van der Waals surface area contributed by atoms with Crippen LogP contribution in [0, 0.1) is 0 Å². The Balaban J connectivity index is 1.48. The number of anilines is 1. The SMILES string of the molecule is CC(=O)c1c(N)cccc1C(=O)O/C1=C/C=C\C2=C3C=CCC34B=CC=C4C=C2N=C1. The second kappa shape index (κ2) is 7.16. The number of nitrogens with zero attached hydrogens (tertiary/aromatic N) is 1. The van der Waals surface area contributed by atoms with E-state index in [9.17, 15) is 9.59 Å². The zero-order valence-electron chi connectivity index (χ0n) is 17.0. The number of nitrogen functional groups attached to an aromatic ring is 1. The van der Waals surface area contributed by atoms with Crippen LogP contribution in [0.2, 0.25) is 5.31 Å². The van der Waals surface area contributed by atoms with Crippen molar-refractivity contribution in [1.29, 1.82) is 0 Å². The summed E-state index contributed by atoms with van der Waals surface area (Å²) in [5.41, 5.74) is 10.8. The molecule has 2 aliphatic heterocycles. The van der Waals surface area contributed by atoms with Crippen LogP contribution in [0.25, 0.3) is 0 Å². The Labute approximate surface area is 180 Å². The van der Waals surface area contributed by atoms with Gasteiger partial charge in [-0.1, -0.05) is 0 Å². The molecule has 150 valence electrons. The van der Waals surface area contributed by atoms with Gasteiger partial charge in [0.25, 0.3) is 0 Å². The van der Waals surface area contributed by atoms with Gasteiger partial charge in [-0.05, 0) is 13.0 Å². The number of hydrogen-bond donors (Lipinski definition) is 1. The van der Waals surface area contributed by atoms with Gasteiger partial charge in [0.2, 0.25) is 0 Å². The number of Topliss-reactive ketones (excluding diaryl/α,β-unsaturated/α-hetero) is 1. The van der Waals surface area contributed by atoms with Gasteiger partial charge in [0.1, 0.15) is 0 Å². The molecule has 5 rings (SSSR count). The molecule has 0 radical (unpaired) electrons. The standard InChI is InChI=1S/C25H19BN2O3/c1-15(29)23-19(7-3-9-21(23)27)24(30)31-17-5-2-6-18-20-8-4-11-25(20)16(10-12-26-25)13-22(18)28-14-17/h2-10,12-14H,11,27H2,1H3/b6-2-,17-5+,28-14?. The van der Waals surface area contributed by atoms with Crippen molar-refractivity contribution >= 4 is 36.5 Å². The number of esters is 1. The first-order valence-electron chi connectivity index (χ1n) is 10.1. The predicted octanol–water partition coefficient (Wildman–Crippen LogP) is 3.91. The fourth-order valence-corrected chi connectivity index (χ4v) is 4.54. The Hall–Kier alpha value is -3.80. The van der Waals surface area contributed by atoms with Crippen LogP contribution in [0.1, 0.15) is 34.1 Å². The number of hydrogen-bond acceptors (Lipinski definition) is 5. The molecule has 0 aromatic heterocycles. The molecule has 1 atom stereocenters. The summed E-state index contributed by atoms with van der Waals surface area (Å²) in [4.78, 5) is 29.3. The Morgan fingerprint density at radius 2 is 2.10 bits per heavy atom. The molecule has 0 bridgehead atoms. The van der Waals surface area contributed by atoms with E-state index >= 15 is 0 Å². The Kier molecular flexibility index (Phi) is 4.43. The molecule has 2 aliphatic carbocycles. The van der Waals surface area contributed by atoms with Crippen LogP contribution in [0.15, 0.2) is 93.9 Å². The van der Waals surface area contributed by atoms with Crippen LogP contribution in [0.5, 0.6) is 0 Å². The average molecular weight is 406 g/mol. The number of benzene rings is 1. The van der Waals surface area contributed by atoms with Crippen molar-refractivity contribution in [2.45, 2.75) is 18.7 Å². The van der Waals surface area contributed by atoms with Gasteiger partial charge >= 0.3 is 157 Å². The van der Waals surface area contributed by atoms with E-state index in [1.807, 2.05) is 12.2 Å². The third-order valence-electron chi connectivity index (χ3n) is 5.97. The molecule has 1 aromatic rings. The van der Waals surface area contributed by atoms with Crippen LogP contribution < -0.4 is 5.73 Å². The van der Waals surface area contributed by atoms with Crippen LogP contribution >= 0.6 is 0 Å². The number of aliphatic imine (C=N–C) groups is 1. The minimum absolute atomic E-state index is 0.0762. The van der Waals surface area contributed by atoms with Crippen molar-refractivity contribution in [3.8, 4) is 0 Å². The molecule has 2 N–H and O–H groups in total. The summed E-state index contributed by atoms with van der Waals surface area (Å²) >= 11 is 0. The molecule has 1 spiro atoms. The summed E-state index contributed by atoms with van der Waals surface area (Å²) in [7, 11) is 0. The number of nitrogens with two attached hydrogens (primary N) is 1. The number of allylic oxidation sites excluding steroid dienone is 10. The molecule has 31 heavy (non-hydrogen) atoms. The van der Waals surface area contributed by atoms with Gasteiger partial charge < -0.3 is 5.73 Å². The first-order valence-corrected chi connectivity index (χ1v) is 10.1. The van der Waals surface area contributed by atoms with Crippen LogP contribution in [0.3, 0.4) is 0 Å². The molecule has 6 heteroatoms. The molecule has 1 aromatic carbocycles.